The van der Waals surface area contributed by atoms with Gasteiger partial charge in [0, 0.05) is 11.6 Å². The summed E-state index contributed by atoms with van der Waals surface area (Å²) >= 11 is 0. The second-order valence-electron chi connectivity index (χ2n) is 5.65. The molecule has 0 amide bonds. The van der Waals surface area contributed by atoms with Crippen LogP contribution in [0.15, 0.2) is 48.5 Å². The lowest BCUT2D eigenvalue weighted by atomic mass is 10.0. The predicted octanol–water partition coefficient (Wildman–Crippen LogP) is 3.26. The van der Waals surface area contributed by atoms with Gasteiger partial charge in [-0.1, -0.05) is 18.2 Å². The average molecular weight is 384 g/mol. The molecule has 3 aromatic rings. The molecule has 8 heteroatoms. The summed E-state index contributed by atoms with van der Waals surface area (Å²) in [5.74, 6) is -2.01. The molecule has 0 saturated heterocycles. The number of carbonyl (C=O) groups excluding carboxylic acids is 2. The standard InChI is InChI=1S/C20H17FN2O5/c1-26-13-9-10-14(15(21)11-13)17-16(19(24)27-2)18(20(25)28-3)23(22-17)12-7-5-4-6-8-12/h4-11H,1-3H3. The van der Waals surface area contributed by atoms with Crippen molar-refractivity contribution < 1.29 is 28.2 Å². The van der Waals surface area contributed by atoms with Crippen molar-refractivity contribution in [3.05, 3.63) is 65.6 Å². The first kappa shape index (κ1) is 19.1. The van der Waals surface area contributed by atoms with Gasteiger partial charge in [0.1, 0.15) is 22.8 Å². The Bertz CT molecular complexity index is 1030. The number of methoxy groups -OCH3 is 3. The molecule has 7 nitrogen and oxygen atoms in total. The number of carbonyl (C=O) groups is 2. The Kier molecular flexibility index (Phi) is 5.39. The molecule has 28 heavy (non-hydrogen) atoms. The van der Waals surface area contributed by atoms with Crippen molar-refractivity contribution in [1.82, 2.24) is 9.78 Å². The van der Waals surface area contributed by atoms with E-state index >= 15 is 0 Å². The second-order valence-corrected chi connectivity index (χ2v) is 5.65. The highest BCUT2D eigenvalue weighted by Crippen LogP contribution is 2.32. The normalized spacial score (nSPS) is 10.4. The Morgan fingerprint density at radius 3 is 2.21 bits per heavy atom. The summed E-state index contributed by atoms with van der Waals surface area (Å²) in [5, 5.41) is 4.34. The summed E-state index contributed by atoms with van der Waals surface area (Å²) in [5.41, 5.74) is 0.110. The van der Waals surface area contributed by atoms with Crippen molar-refractivity contribution in [3.8, 4) is 22.7 Å². The molecule has 1 heterocycles. The summed E-state index contributed by atoms with van der Waals surface area (Å²) in [6.07, 6.45) is 0. The van der Waals surface area contributed by atoms with Gasteiger partial charge in [-0.3, -0.25) is 0 Å². The molecule has 0 aliphatic carbocycles. The third-order valence-electron chi connectivity index (χ3n) is 4.09. The van der Waals surface area contributed by atoms with Gasteiger partial charge in [0.05, 0.1) is 27.0 Å². The molecule has 0 aliphatic rings. The Morgan fingerprint density at radius 1 is 0.964 bits per heavy atom. The summed E-state index contributed by atoms with van der Waals surface area (Å²) in [4.78, 5) is 25.0. The van der Waals surface area contributed by atoms with Gasteiger partial charge < -0.3 is 14.2 Å². The molecule has 0 atom stereocenters. The SMILES string of the molecule is COC(=O)c1c(-c2ccc(OC)cc2F)nn(-c2ccccc2)c1C(=O)OC. The molecule has 0 unspecified atom stereocenters. The first-order valence-corrected chi connectivity index (χ1v) is 8.20. The quantitative estimate of drug-likeness (QED) is 0.628. The lowest BCUT2D eigenvalue weighted by Gasteiger charge is -2.07. The van der Waals surface area contributed by atoms with Crippen LogP contribution < -0.4 is 4.74 Å². The molecular weight excluding hydrogens is 367 g/mol. The number of hydrogen-bond donors (Lipinski definition) is 0. The molecule has 0 radical (unpaired) electrons. The van der Waals surface area contributed by atoms with Crippen molar-refractivity contribution in [2.45, 2.75) is 0 Å². The van der Waals surface area contributed by atoms with Crippen LogP contribution in [0.5, 0.6) is 5.75 Å². The molecule has 3 rings (SSSR count). The number of halogens is 1. The first-order chi connectivity index (χ1) is 13.5. The summed E-state index contributed by atoms with van der Waals surface area (Å²) < 4.78 is 30.6. The highest BCUT2D eigenvalue weighted by molar-refractivity contribution is 6.06. The van der Waals surface area contributed by atoms with Crippen molar-refractivity contribution in [2.75, 3.05) is 21.3 Å². The van der Waals surface area contributed by atoms with E-state index in [1.165, 1.54) is 31.0 Å². The van der Waals surface area contributed by atoms with Crippen LogP contribution in [-0.4, -0.2) is 43.0 Å². The zero-order valence-electron chi connectivity index (χ0n) is 15.4. The summed E-state index contributed by atoms with van der Waals surface area (Å²) in [6, 6.07) is 12.8. The maximum atomic E-state index is 14.7. The van der Waals surface area contributed by atoms with E-state index < -0.39 is 17.8 Å². The van der Waals surface area contributed by atoms with E-state index in [9.17, 15) is 14.0 Å². The zero-order chi connectivity index (χ0) is 20.3. The molecule has 0 spiro atoms. The smallest absolute Gasteiger partial charge is 0.357 e. The van der Waals surface area contributed by atoms with Crippen LogP contribution in [0.4, 0.5) is 4.39 Å². The molecule has 0 fully saturated rings. The number of rotatable bonds is 5. The van der Waals surface area contributed by atoms with Crippen LogP contribution in [0.25, 0.3) is 16.9 Å². The van der Waals surface area contributed by atoms with Crippen molar-refractivity contribution in [3.63, 3.8) is 0 Å². The fourth-order valence-electron chi connectivity index (χ4n) is 2.76. The van der Waals surface area contributed by atoms with E-state index in [1.54, 1.807) is 30.3 Å². The van der Waals surface area contributed by atoms with Gasteiger partial charge in [-0.05, 0) is 24.3 Å². The van der Waals surface area contributed by atoms with E-state index in [0.717, 1.165) is 13.2 Å². The Labute approximate surface area is 160 Å². The van der Waals surface area contributed by atoms with Gasteiger partial charge in [-0.25, -0.2) is 18.7 Å². The average Bonchev–Trinajstić information content (AvgIpc) is 3.13. The minimum absolute atomic E-state index is 0.0148. The molecule has 0 N–H and O–H groups in total. The number of nitrogens with zero attached hydrogens (tertiary/aromatic N) is 2. The molecule has 1 aromatic heterocycles. The summed E-state index contributed by atoms with van der Waals surface area (Å²) in [7, 11) is 3.75. The van der Waals surface area contributed by atoms with Gasteiger partial charge in [-0.2, -0.15) is 5.10 Å². The zero-order valence-corrected chi connectivity index (χ0v) is 15.4. The monoisotopic (exact) mass is 384 g/mol. The van der Waals surface area contributed by atoms with Crippen LogP contribution >= 0.6 is 0 Å². The molecular formula is C20H17FN2O5. The second kappa shape index (κ2) is 7.91. The minimum Gasteiger partial charge on any atom is -0.497 e. The lowest BCUT2D eigenvalue weighted by Crippen LogP contribution is -2.15. The number of ether oxygens (including phenoxy) is 3. The highest BCUT2D eigenvalue weighted by atomic mass is 19.1. The van der Waals surface area contributed by atoms with Gasteiger partial charge in [0.15, 0.2) is 5.69 Å². The Hall–Kier alpha value is -3.68. The molecule has 0 aliphatic heterocycles. The van der Waals surface area contributed by atoms with Gasteiger partial charge in [0.2, 0.25) is 0 Å². The maximum absolute atomic E-state index is 14.7. The third kappa shape index (κ3) is 3.32. The van der Waals surface area contributed by atoms with E-state index in [1.807, 2.05) is 0 Å². The van der Waals surface area contributed by atoms with Crippen molar-refractivity contribution in [2.24, 2.45) is 0 Å². The number of esters is 2. The fourth-order valence-corrected chi connectivity index (χ4v) is 2.76. The van der Waals surface area contributed by atoms with Crippen LogP contribution in [0.1, 0.15) is 20.8 Å². The summed E-state index contributed by atoms with van der Waals surface area (Å²) in [6.45, 7) is 0. The minimum atomic E-state index is -0.840. The largest absolute Gasteiger partial charge is 0.497 e. The fraction of sp³-hybridized carbons (Fsp3) is 0.150. The van der Waals surface area contributed by atoms with E-state index in [0.29, 0.717) is 11.4 Å². The molecule has 0 bridgehead atoms. The van der Waals surface area contributed by atoms with Crippen LogP contribution in [0.3, 0.4) is 0 Å². The number of aromatic nitrogens is 2. The molecule has 144 valence electrons. The molecule has 0 saturated carbocycles. The highest BCUT2D eigenvalue weighted by Gasteiger charge is 2.32. The van der Waals surface area contributed by atoms with Crippen molar-refractivity contribution in [1.29, 1.82) is 0 Å². The topological polar surface area (TPSA) is 79.7 Å². The number of benzene rings is 2. The number of hydrogen-bond acceptors (Lipinski definition) is 6. The van der Waals surface area contributed by atoms with Gasteiger partial charge in [0.25, 0.3) is 0 Å². The predicted molar refractivity (Wildman–Crippen MR) is 98.2 cm³/mol. The lowest BCUT2D eigenvalue weighted by molar-refractivity contribution is 0.0549. The van der Waals surface area contributed by atoms with E-state index in [2.05, 4.69) is 5.10 Å². The number of para-hydroxylation sites is 1. The Balaban J connectivity index is 2.35. The third-order valence-corrected chi connectivity index (χ3v) is 4.09. The Morgan fingerprint density at radius 2 is 1.64 bits per heavy atom. The van der Waals surface area contributed by atoms with Crippen molar-refractivity contribution >= 4 is 11.9 Å². The van der Waals surface area contributed by atoms with Crippen LogP contribution in [0.2, 0.25) is 0 Å². The molecule has 2 aromatic carbocycles. The van der Waals surface area contributed by atoms with Gasteiger partial charge in [-0.15, -0.1) is 0 Å². The first-order valence-electron chi connectivity index (χ1n) is 8.20. The maximum Gasteiger partial charge on any atom is 0.357 e. The van der Waals surface area contributed by atoms with E-state index in [4.69, 9.17) is 14.2 Å². The van der Waals surface area contributed by atoms with Crippen LogP contribution in [-0.2, 0) is 9.47 Å². The van der Waals surface area contributed by atoms with Gasteiger partial charge >= 0.3 is 11.9 Å². The van der Waals surface area contributed by atoms with Crippen LogP contribution in [0, 0.1) is 5.82 Å². The van der Waals surface area contributed by atoms with E-state index in [-0.39, 0.29) is 22.5 Å².